The molecule has 19 heavy (non-hydrogen) atoms. The highest BCUT2D eigenvalue weighted by molar-refractivity contribution is 8.14. The second-order valence-electron chi connectivity index (χ2n) is 4.45. The van der Waals surface area contributed by atoms with Crippen LogP contribution in [0.1, 0.15) is 12.6 Å². The first-order valence-corrected chi connectivity index (χ1v) is 6.93. The molecule has 1 N–H and O–H groups in total. The number of ketones is 1. The Bertz CT molecular complexity index is 697. The average molecular weight is 272 g/mol. The molecule has 0 saturated carbocycles. The molecule has 0 aliphatic carbocycles. The van der Waals surface area contributed by atoms with Crippen LogP contribution >= 0.6 is 11.8 Å². The molecule has 3 rings (SSSR count). The SMILES string of the molecule is CC(=O)C1CSC(c2ccc3cc(O)ccc3n2)=N1. The summed E-state index contributed by atoms with van der Waals surface area (Å²) in [6.45, 7) is 1.56. The van der Waals surface area contributed by atoms with Crippen LogP contribution in [0, 0.1) is 0 Å². The zero-order valence-electron chi connectivity index (χ0n) is 10.3. The zero-order valence-corrected chi connectivity index (χ0v) is 11.1. The predicted octanol–water partition coefficient (Wildman–Crippen LogP) is 2.39. The molecule has 1 aromatic carbocycles. The summed E-state index contributed by atoms with van der Waals surface area (Å²) in [5.74, 6) is 1.01. The lowest BCUT2D eigenvalue weighted by molar-refractivity contribution is -0.117. The Morgan fingerprint density at radius 3 is 2.95 bits per heavy atom. The van der Waals surface area contributed by atoms with E-state index in [4.69, 9.17) is 0 Å². The number of hydrogen-bond donors (Lipinski definition) is 1. The minimum atomic E-state index is -0.239. The van der Waals surface area contributed by atoms with Crippen LogP contribution in [0.4, 0.5) is 0 Å². The number of pyridine rings is 1. The van der Waals surface area contributed by atoms with Gasteiger partial charge >= 0.3 is 0 Å². The lowest BCUT2D eigenvalue weighted by Gasteiger charge is -2.02. The van der Waals surface area contributed by atoms with Gasteiger partial charge in [-0.1, -0.05) is 6.07 Å². The van der Waals surface area contributed by atoms with E-state index in [1.54, 1.807) is 36.9 Å². The number of carbonyl (C=O) groups excluding carboxylic acids is 1. The normalized spacial score (nSPS) is 18.6. The molecule has 1 aromatic heterocycles. The molecule has 0 fully saturated rings. The van der Waals surface area contributed by atoms with Gasteiger partial charge in [0.25, 0.3) is 0 Å². The largest absolute Gasteiger partial charge is 0.508 e. The molecular weight excluding hydrogens is 260 g/mol. The van der Waals surface area contributed by atoms with E-state index in [0.29, 0.717) is 5.75 Å². The van der Waals surface area contributed by atoms with E-state index in [0.717, 1.165) is 21.6 Å². The molecule has 1 unspecified atom stereocenters. The number of fused-ring (bicyclic) bond motifs is 1. The van der Waals surface area contributed by atoms with Crippen LogP contribution < -0.4 is 0 Å². The molecule has 4 nitrogen and oxygen atoms in total. The van der Waals surface area contributed by atoms with E-state index < -0.39 is 0 Å². The van der Waals surface area contributed by atoms with Crippen molar-refractivity contribution in [3.8, 4) is 5.75 Å². The van der Waals surface area contributed by atoms with Crippen LogP contribution in [0.3, 0.4) is 0 Å². The maximum absolute atomic E-state index is 11.3. The molecule has 2 aromatic rings. The standard InChI is InChI=1S/C14H12N2O2S/c1-8(17)13-7-19-14(16-13)12-4-2-9-6-10(18)3-5-11(9)15-12/h2-6,13,18H,7H2,1H3. The van der Waals surface area contributed by atoms with E-state index in [1.807, 2.05) is 12.1 Å². The fourth-order valence-electron chi connectivity index (χ4n) is 1.95. The number of hydrogen-bond acceptors (Lipinski definition) is 5. The number of aromatic nitrogens is 1. The number of nitrogens with zero attached hydrogens (tertiary/aromatic N) is 2. The molecule has 1 atom stereocenters. The number of Topliss-reactive ketones (excluding diaryl/α,β-unsaturated/α-hetero) is 1. The van der Waals surface area contributed by atoms with Crippen LogP contribution in [0.2, 0.25) is 0 Å². The third-order valence-electron chi connectivity index (χ3n) is 3.01. The average Bonchev–Trinajstić information content (AvgIpc) is 2.88. The molecular formula is C14H12N2O2S. The van der Waals surface area contributed by atoms with E-state index in [-0.39, 0.29) is 17.6 Å². The van der Waals surface area contributed by atoms with Crippen molar-refractivity contribution in [3.63, 3.8) is 0 Å². The van der Waals surface area contributed by atoms with Crippen molar-refractivity contribution in [1.82, 2.24) is 4.98 Å². The molecule has 0 saturated heterocycles. The van der Waals surface area contributed by atoms with Gasteiger partial charge in [0, 0.05) is 11.1 Å². The number of thioether (sulfide) groups is 1. The highest BCUT2D eigenvalue weighted by Crippen LogP contribution is 2.25. The number of aromatic hydroxyl groups is 1. The Morgan fingerprint density at radius 2 is 2.21 bits per heavy atom. The summed E-state index contributed by atoms with van der Waals surface area (Å²) in [6, 6.07) is 8.60. The van der Waals surface area contributed by atoms with Crippen LogP contribution in [-0.2, 0) is 4.79 Å². The van der Waals surface area contributed by atoms with Crippen LogP contribution in [0.25, 0.3) is 10.9 Å². The van der Waals surface area contributed by atoms with E-state index in [2.05, 4.69) is 9.98 Å². The second-order valence-corrected chi connectivity index (χ2v) is 5.45. The van der Waals surface area contributed by atoms with Gasteiger partial charge in [0.2, 0.25) is 0 Å². The molecule has 5 heteroatoms. The molecule has 0 spiro atoms. The number of aliphatic imine (C=N–C) groups is 1. The van der Waals surface area contributed by atoms with Gasteiger partial charge in [-0.05, 0) is 31.2 Å². The number of carbonyl (C=O) groups is 1. The summed E-state index contributed by atoms with van der Waals surface area (Å²) in [5.41, 5.74) is 1.59. The van der Waals surface area contributed by atoms with Gasteiger partial charge in [-0.2, -0.15) is 0 Å². The molecule has 2 heterocycles. The van der Waals surface area contributed by atoms with Gasteiger partial charge in [0.1, 0.15) is 16.8 Å². The highest BCUT2D eigenvalue weighted by atomic mass is 32.2. The Hall–Kier alpha value is -1.88. The topological polar surface area (TPSA) is 62.5 Å². The summed E-state index contributed by atoms with van der Waals surface area (Å²) in [5, 5.41) is 11.1. The van der Waals surface area contributed by atoms with Gasteiger partial charge in [-0.25, -0.2) is 4.98 Å². The number of phenolic OH excluding ortho intramolecular Hbond substituents is 1. The monoisotopic (exact) mass is 272 g/mol. The van der Waals surface area contributed by atoms with Gasteiger partial charge in [-0.15, -0.1) is 11.8 Å². The lowest BCUT2D eigenvalue weighted by atomic mass is 10.2. The molecule has 0 radical (unpaired) electrons. The number of benzene rings is 1. The maximum atomic E-state index is 11.3. The molecule has 1 aliphatic rings. The smallest absolute Gasteiger partial charge is 0.155 e. The zero-order chi connectivity index (χ0) is 13.4. The summed E-state index contributed by atoms with van der Waals surface area (Å²) in [4.78, 5) is 20.2. The Kier molecular flexibility index (Phi) is 2.98. The molecule has 96 valence electrons. The van der Waals surface area contributed by atoms with Crippen LogP contribution in [0.5, 0.6) is 5.75 Å². The minimum absolute atomic E-state index is 0.0909. The van der Waals surface area contributed by atoms with E-state index in [1.165, 1.54) is 0 Å². The Balaban J connectivity index is 2.00. The van der Waals surface area contributed by atoms with E-state index >= 15 is 0 Å². The van der Waals surface area contributed by atoms with Crippen molar-refractivity contribution < 1.29 is 9.90 Å². The van der Waals surface area contributed by atoms with Crippen molar-refractivity contribution in [3.05, 3.63) is 36.0 Å². The quantitative estimate of drug-likeness (QED) is 0.911. The highest BCUT2D eigenvalue weighted by Gasteiger charge is 2.23. The van der Waals surface area contributed by atoms with Crippen LogP contribution in [0.15, 0.2) is 35.3 Å². The summed E-state index contributed by atoms with van der Waals surface area (Å²) < 4.78 is 0. The summed E-state index contributed by atoms with van der Waals surface area (Å²) in [6.07, 6.45) is 0. The number of phenols is 1. The first kappa shape index (κ1) is 12.2. The summed E-state index contributed by atoms with van der Waals surface area (Å²) >= 11 is 1.56. The van der Waals surface area contributed by atoms with Gasteiger partial charge in [0.05, 0.1) is 11.2 Å². The maximum Gasteiger partial charge on any atom is 0.155 e. The molecule has 0 bridgehead atoms. The minimum Gasteiger partial charge on any atom is -0.508 e. The predicted molar refractivity (Wildman–Crippen MR) is 76.9 cm³/mol. The first-order valence-electron chi connectivity index (χ1n) is 5.95. The van der Waals surface area contributed by atoms with E-state index in [9.17, 15) is 9.90 Å². The molecule has 1 aliphatic heterocycles. The van der Waals surface area contributed by atoms with Crippen molar-refractivity contribution >= 4 is 33.5 Å². The fourth-order valence-corrected chi connectivity index (χ4v) is 3.04. The summed E-state index contributed by atoms with van der Waals surface area (Å²) in [7, 11) is 0. The Labute approximate surface area is 114 Å². The van der Waals surface area contributed by atoms with Gasteiger partial charge in [-0.3, -0.25) is 9.79 Å². The Morgan fingerprint density at radius 1 is 1.37 bits per heavy atom. The van der Waals surface area contributed by atoms with Crippen molar-refractivity contribution in [2.45, 2.75) is 13.0 Å². The van der Waals surface area contributed by atoms with Crippen molar-refractivity contribution in [2.75, 3.05) is 5.75 Å². The fraction of sp³-hybridized carbons (Fsp3) is 0.214. The van der Waals surface area contributed by atoms with Gasteiger partial charge < -0.3 is 5.11 Å². The number of rotatable bonds is 2. The first-order chi connectivity index (χ1) is 9.13. The molecule has 0 amide bonds. The van der Waals surface area contributed by atoms with Crippen molar-refractivity contribution in [1.29, 1.82) is 0 Å². The van der Waals surface area contributed by atoms with Crippen LogP contribution in [-0.4, -0.2) is 32.7 Å². The second kappa shape index (κ2) is 4.66. The van der Waals surface area contributed by atoms with Gasteiger partial charge in [0.15, 0.2) is 5.78 Å². The lowest BCUT2D eigenvalue weighted by Crippen LogP contribution is -2.14. The van der Waals surface area contributed by atoms with Crippen molar-refractivity contribution in [2.24, 2.45) is 4.99 Å². The third-order valence-corrected chi connectivity index (χ3v) is 4.08. The third kappa shape index (κ3) is 2.33.